The van der Waals surface area contributed by atoms with Gasteiger partial charge in [-0.3, -0.25) is 4.79 Å². The molecule has 0 saturated carbocycles. The monoisotopic (exact) mass is 189 g/mol. The summed E-state index contributed by atoms with van der Waals surface area (Å²) >= 11 is 0. The van der Waals surface area contributed by atoms with Gasteiger partial charge in [-0.1, -0.05) is 18.2 Å². The fraction of sp³-hybridized carbons (Fsp3) is 0.100. The summed E-state index contributed by atoms with van der Waals surface area (Å²) in [6.07, 6.45) is 0. The van der Waals surface area contributed by atoms with E-state index in [0.29, 0.717) is 11.4 Å². The lowest BCUT2D eigenvalue weighted by atomic mass is 10.1. The zero-order valence-corrected chi connectivity index (χ0v) is 7.58. The number of para-hydroxylation sites is 1. The molecule has 0 aliphatic rings. The van der Waals surface area contributed by atoms with Gasteiger partial charge < -0.3 is 16.5 Å². The summed E-state index contributed by atoms with van der Waals surface area (Å²) in [6, 6.07) is 7.47. The Balaban J connectivity index is 2.74. The number of anilines is 1. The lowest BCUT2D eigenvalue weighted by Crippen LogP contribution is -2.14. The van der Waals surface area contributed by atoms with Gasteiger partial charge in [0.25, 0.3) is 0 Å². The van der Waals surface area contributed by atoms with Crippen molar-refractivity contribution in [2.45, 2.75) is 0 Å². The highest BCUT2D eigenvalue weighted by Crippen LogP contribution is 2.23. The summed E-state index contributed by atoms with van der Waals surface area (Å²) in [4.78, 5) is 14.4. The van der Waals surface area contributed by atoms with E-state index < -0.39 is 0 Å². The number of aromatic amines is 1. The molecular formula is C10H11N3O. The zero-order chi connectivity index (χ0) is 10.1. The first kappa shape index (κ1) is 8.77. The number of carbonyl (C=O) groups is 1. The van der Waals surface area contributed by atoms with Crippen LogP contribution >= 0.6 is 0 Å². The Hall–Kier alpha value is -1.81. The van der Waals surface area contributed by atoms with Crippen molar-refractivity contribution in [3.63, 3.8) is 0 Å². The lowest BCUT2D eigenvalue weighted by Gasteiger charge is -1.96. The van der Waals surface area contributed by atoms with Crippen LogP contribution < -0.4 is 11.5 Å². The van der Waals surface area contributed by atoms with Crippen LogP contribution in [0.25, 0.3) is 10.9 Å². The molecule has 2 aromatic rings. The number of nitrogens with one attached hydrogen (secondary N) is 1. The molecular weight excluding hydrogens is 178 g/mol. The minimum absolute atomic E-state index is 0.0218. The number of hydrogen-bond acceptors (Lipinski definition) is 3. The largest absolute Gasteiger partial charge is 0.385 e. The van der Waals surface area contributed by atoms with Gasteiger partial charge in [-0.25, -0.2) is 0 Å². The molecule has 0 fully saturated rings. The van der Waals surface area contributed by atoms with Gasteiger partial charge in [0.15, 0.2) is 5.78 Å². The smallest absolute Gasteiger partial charge is 0.180 e. The Kier molecular flexibility index (Phi) is 1.98. The van der Waals surface area contributed by atoms with Crippen molar-refractivity contribution in [1.29, 1.82) is 0 Å². The molecule has 1 heterocycles. The number of carbonyl (C=O) groups excluding carboxylic acids is 1. The van der Waals surface area contributed by atoms with Gasteiger partial charge in [0.05, 0.1) is 12.1 Å². The zero-order valence-electron chi connectivity index (χ0n) is 7.58. The summed E-state index contributed by atoms with van der Waals surface area (Å²) in [7, 11) is 0. The first-order valence-corrected chi connectivity index (χ1v) is 4.33. The first-order valence-electron chi connectivity index (χ1n) is 4.33. The Morgan fingerprint density at radius 3 is 2.79 bits per heavy atom. The van der Waals surface area contributed by atoms with E-state index in [0.717, 1.165) is 10.9 Å². The van der Waals surface area contributed by atoms with Crippen molar-refractivity contribution in [3.8, 4) is 0 Å². The second kappa shape index (κ2) is 3.16. The normalized spacial score (nSPS) is 10.6. The van der Waals surface area contributed by atoms with E-state index in [1.807, 2.05) is 24.3 Å². The number of rotatable bonds is 2. The summed E-state index contributed by atoms with van der Waals surface area (Å²) in [5, 5.41) is 0.834. The number of aromatic nitrogens is 1. The van der Waals surface area contributed by atoms with E-state index in [2.05, 4.69) is 4.98 Å². The number of ketones is 1. The number of nitrogen functional groups attached to an aromatic ring is 1. The van der Waals surface area contributed by atoms with Crippen LogP contribution in [0.5, 0.6) is 0 Å². The molecule has 0 bridgehead atoms. The molecule has 0 spiro atoms. The number of nitrogens with two attached hydrogens (primary N) is 2. The second-order valence-corrected chi connectivity index (χ2v) is 3.09. The van der Waals surface area contributed by atoms with Gasteiger partial charge in [0.1, 0.15) is 5.82 Å². The number of hydrogen-bond donors (Lipinski definition) is 3. The van der Waals surface area contributed by atoms with E-state index in [-0.39, 0.29) is 12.3 Å². The van der Waals surface area contributed by atoms with Gasteiger partial charge in [-0.05, 0) is 6.07 Å². The molecule has 72 valence electrons. The van der Waals surface area contributed by atoms with Crippen molar-refractivity contribution >= 4 is 22.5 Å². The topological polar surface area (TPSA) is 84.9 Å². The second-order valence-electron chi connectivity index (χ2n) is 3.09. The van der Waals surface area contributed by atoms with E-state index in [1.165, 1.54) is 0 Å². The Labute approximate surface area is 80.9 Å². The van der Waals surface area contributed by atoms with Gasteiger partial charge in [0, 0.05) is 10.9 Å². The molecule has 0 amide bonds. The number of benzene rings is 1. The molecule has 14 heavy (non-hydrogen) atoms. The average molecular weight is 189 g/mol. The maximum Gasteiger partial charge on any atom is 0.180 e. The van der Waals surface area contributed by atoms with Crippen molar-refractivity contribution in [2.24, 2.45) is 5.73 Å². The first-order chi connectivity index (χ1) is 6.74. The van der Waals surface area contributed by atoms with Crippen LogP contribution in [0.4, 0.5) is 5.82 Å². The highest BCUT2D eigenvalue weighted by molar-refractivity contribution is 6.12. The minimum atomic E-state index is -0.139. The maximum absolute atomic E-state index is 11.5. The third-order valence-electron chi connectivity index (χ3n) is 2.20. The van der Waals surface area contributed by atoms with Crippen LogP contribution in [0, 0.1) is 0 Å². The summed E-state index contributed by atoms with van der Waals surface area (Å²) in [5.74, 6) is 0.251. The molecule has 4 heteroatoms. The van der Waals surface area contributed by atoms with Crippen molar-refractivity contribution in [1.82, 2.24) is 4.98 Å². The molecule has 0 unspecified atom stereocenters. The van der Waals surface area contributed by atoms with Crippen molar-refractivity contribution in [2.75, 3.05) is 12.3 Å². The molecule has 0 saturated heterocycles. The summed E-state index contributed by atoms with van der Waals surface area (Å²) in [5.41, 5.74) is 12.4. The van der Waals surface area contributed by atoms with Gasteiger partial charge >= 0.3 is 0 Å². The molecule has 4 nitrogen and oxygen atoms in total. The predicted octanol–water partition coefficient (Wildman–Crippen LogP) is 0.891. The molecule has 0 atom stereocenters. The summed E-state index contributed by atoms with van der Waals surface area (Å²) in [6.45, 7) is -0.0218. The molecule has 0 aliphatic heterocycles. The molecule has 0 radical (unpaired) electrons. The molecule has 1 aromatic heterocycles. The third-order valence-corrected chi connectivity index (χ3v) is 2.20. The fourth-order valence-corrected chi connectivity index (χ4v) is 1.57. The van der Waals surface area contributed by atoms with Gasteiger partial charge in [-0.2, -0.15) is 0 Å². The molecule has 0 aliphatic carbocycles. The lowest BCUT2D eigenvalue weighted by molar-refractivity contribution is 0.100. The van der Waals surface area contributed by atoms with Crippen LogP contribution in [-0.4, -0.2) is 17.3 Å². The number of Topliss-reactive ketones (excluding diaryl/α,β-unsaturated/α-hetero) is 1. The van der Waals surface area contributed by atoms with Crippen LogP contribution in [0.3, 0.4) is 0 Å². The van der Waals surface area contributed by atoms with Crippen LogP contribution in [0.2, 0.25) is 0 Å². The summed E-state index contributed by atoms with van der Waals surface area (Å²) < 4.78 is 0. The molecule has 2 rings (SSSR count). The van der Waals surface area contributed by atoms with Crippen LogP contribution in [0.15, 0.2) is 24.3 Å². The van der Waals surface area contributed by atoms with Crippen molar-refractivity contribution in [3.05, 3.63) is 29.8 Å². The minimum Gasteiger partial charge on any atom is -0.385 e. The fourth-order valence-electron chi connectivity index (χ4n) is 1.57. The van der Waals surface area contributed by atoms with Crippen LogP contribution in [-0.2, 0) is 0 Å². The molecule has 1 aromatic carbocycles. The number of fused-ring (bicyclic) bond motifs is 1. The highest BCUT2D eigenvalue weighted by Gasteiger charge is 2.14. The van der Waals surface area contributed by atoms with Gasteiger partial charge in [0.2, 0.25) is 0 Å². The Morgan fingerprint density at radius 2 is 2.07 bits per heavy atom. The Morgan fingerprint density at radius 1 is 1.36 bits per heavy atom. The molecule has 5 N–H and O–H groups in total. The highest BCUT2D eigenvalue weighted by atomic mass is 16.1. The van der Waals surface area contributed by atoms with Crippen molar-refractivity contribution < 1.29 is 4.79 Å². The van der Waals surface area contributed by atoms with E-state index in [9.17, 15) is 4.79 Å². The SMILES string of the molecule is NCC(=O)c1c(N)[nH]c2ccccc12. The predicted molar refractivity (Wildman–Crippen MR) is 56.1 cm³/mol. The average Bonchev–Trinajstić information content (AvgIpc) is 2.53. The third kappa shape index (κ3) is 1.16. The van der Waals surface area contributed by atoms with Crippen LogP contribution in [0.1, 0.15) is 10.4 Å². The number of H-pyrrole nitrogens is 1. The maximum atomic E-state index is 11.5. The standard InChI is InChI=1S/C10H11N3O/c11-5-8(14)9-6-3-1-2-4-7(6)13-10(9)12/h1-4,13H,5,11-12H2. The van der Waals surface area contributed by atoms with E-state index >= 15 is 0 Å². The van der Waals surface area contributed by atoms with Gasteiger partial charge in [-0.15, -0.1) is 0 Å². The Bertz CT molecular complexity index is 487. The quantitative estimate of drug-likeness (QED) is 0.613. The van der Waals surface area contributed by atoms with E-state index in [4.69, 9.17) is 11.5 Å². The van der Waals surface area contributed by atoms with E-state index in [1.54, 1.807) is 0 Å².